The van der Waals surface area contributed by atoms with E-state index in [1.54, 1.807) is 6.92 Å². The Morgan fingerprint density at radius 1 is 1.34 bits per heavy atom. The molecule has 1 aliphatic carbocycles. The molecular weight excluding hydrogens is 424 g/mol. The van der Waals surface area contributed by atoms with E-state index in [9.17, 15) is 24.4 Å². The fourth-order valence-corrected chi connectivity index (χ4v) is 4.15. The summed E-state index contributed by atoms with van der Waals surface area (Å²) in [6.07, 6.45) is 5.28. The second-order valence-electron chi connectivity index (χ2n) is 7.85. The molecule has 13 nitrogen and oxygen atoms in total. The number of rotatable bonds is 10. The van der Waals surface area contributed by atoms with Gasteiger partial charge in [-0.2, -0.15) is 0 Å². The number of anilines is 1. The van der Waals surface area contributed by atoms with Crippen LogP contribution in [0.25, 0.3) is 0 Å². The molecule has 1 saturated carbocycles. The molecule has 0 aromatic carbocycles. The molecule has 2 heterocycles. The number of aromatic nitrogens is 2. The van der Waals surface area contributed by atoms with Gasteiger partial charge in [0.15, 0.2) is 0 Å². The van der Waals surface area contributed by atoms with Crippen molar-refractivity contribution in [1.29, 1.82) is 0 Å². The number of amides is 3. The lowest BCUT2D eigenvalue weighted by molar-refractivity contribution is -0.159. The Morgan fingerprint density at radius 3 is 2.78 bits per heavy atom. The molecule has 0 bridgehead atoms. The highest BCUT2D eigenvalue weighted by Crippen LogP contribution is 2.31. The van der Waals surface area contributed by atoms with Gasteiger partial charge in [0.2, 0.25) is 12.3 Å². The summed E-state index contributed by atoms with van der Waals surface area (Å²) in [6.45, 7) is 1.98. The van der Waals surface area contributed by atoms with Crippen molar-refractivity contribution < 1.29 is 33.5 Å². The summed E-state index contributed by atoms with van der Waals surface area (Å²) in [5.74, 6) is -2.48. The molecule has 0 unspecified atom stereocenters. The minimum absolute atomic E-state index is 0.130. The third-order valence-electron chi connectivity index (χ3n) is 5.63. The van der Waals surface area contributed by atoms with Crippen molar-refractivity contribution in [2.24, 2.45) is 11.8 Å². The van der Waals surface area contributed by atoms with Crippen molar-refractivity contribution in [1.82, 2.24) is 25.7 Å². The largest absolute Gasteiger partial charge is 0.459 e. The maximum absolute atomic E-state index is 13.2. The lowest BCUT2D eigenvalue weighted by Gasteiger charge is -2.29. The molecule has 0 spiro atoms. The zero-order chi connectivity index (χ0) is 23.1. The van der Waals surface area contributed by atoms with E-state index in [4.69, 9.17) is 9.15 Å². The smallest absolute Gasteiger partial charge is 0.396 e. The minimum Gasteiger partial charge on any atom is -0.459 e. The second kappa shape index (κ2) is 11.0. The van der Waals surface area contributed by atoms with Gasteiger partial charge in [0.25, 0.3) is 5.91 Å². The number of esters is 1. The summed E-state index contributed by atoms with van der Waals surface area (Å²) >= 11 is 0. The van der Waals surface area contributed by atoms with Crippen LogP contribution in [0.3, 0.4) is 0 Å². The summed E-state index contributed by atoms with van der Waals surface area (Å²) in [6, 6.07) is -1.16. The summed E-state index contributed by atoms with van der Waals surface area (Å²) in [4.78, 5) is 48.5. The summed E-state index contributed by atoms with van der Waals surface area (Å²) in [7, 11) is 0. The molecule has 2 fully saturated rings. The first-order valence-electron chi connectivity index (χ1n) is 10.7. The molecule has 1 saturated heterocycles. The molecule has 3 N–H and O–H groups in total. The van der Waals surface area contributed by atoms with Crippen molar-refractivity contribution in [3.8, 4) is 0 Å². The van der Waals surface area contributed by atoms with Crippen LogP contribution in [0.4, 0.5) is 6.01 Å². The monoisotopic (exact) mass is 452 g/mol. The fourth-order valence-electron chi connectivity index (χ4n) is 4.15. The Hall–Kier alpha value is -3.06. The van der Waals surface area contributed by atoms with Crippen LogP contribution >= 0.6 is 0 Å². The van der Waals surface area contributed by atoms with Gasteiger partial charge in [-0.25, -0.2) is 15.3 Å². The Balaban J connectivity index is 1.66. The maximum Gasteiger partial charge on any atom is 0.396 e. The van der Waals surface area contributed by atoms with E-state index in [0.717, 1.165) is 25.7 Å². The lowest BCUT2D eigenvalue weighted by Crippen LogP contribution is -2.51. The van der Waals surface area contributed by atoms with Crippen LogP contribution in [0.15, 0.2) is 4.42 Å². The summed E-state index contributed by atoms with van der Waals surface area (Å²) < 4.78 is 9.85. The van der Waals surface area contributed by atoms with Crippen LogP contribution in [0, 0.1) is 11.8 Å². The number of hydrogen-bond donors (Lipinski definition) is 3. The van der Waals surface area contributed by atoms with Crippen LogP contribution in [0.1, 0.15) is 56.1 Å². The van der Waals surface area contributed by atoms with Gasteiger partial charge < -0.3 is 9.15 Å². The number of carbonyl (C=O) groups excluding carboxylic acids is 4. The standard InChI is InChI=1S/C19H28N6O7/c1-2-31-18(29)16-22-23-19(32-16)21-15(27)14-7-8-20-25(14)17(28)13(10-24(30)11-26)9-12-5-3-4-6-12/h11-14,20,30H,2-10H2,1H3,(H,21,23,27)/t13-,14+/m1/s1. The average molecular weight is 452 g/mol. The number of nitrogens with one attached hydrogen (secondary N) is 2. The molecular formula is C19H28N6O7. The van der Waals surface area contributed by atoms with Gasteiger partial charge in [0, 0.05) is 6.54 Å². The Labute approximate surface area is 184 Å². The molecule has 3 amide bonds. The zero-order valence-corrected chi connectivity index (χ0v) is 17.9. The van der Waals surface area contributed by atoms with Gasteiger partial charge in [-0.15, -0.1) is 0 Å². The van der Waals surface area contributed by atoms with Gasteiger partial charge >= 0.3 is 17.9 Å². The number of hydrazine groups is 1. The van der Waals surface area contributed by atoms with E-state index in [-0.39, 0.29) is 31.5 Å². The Bertz CT molecular complexity index is 825. The predicted octanol–water partition coefficient (Wildman–Crippen LogP) is 0.334. The highest BCUT2D eigenvalue weighted by Gasteiger charge is 2.39. The van der Waals surface area contributed by atoms with Gasteiger partial charge in [0.05, 0.1) is 19.1 Å². The number of hydroxylamine groups is 2. The topological polar surface area (TPSA) is 167 Å². The van der Waals surface area contributed by atoms with Crippen molar-refractivity contribution in [3.05, 3.63) is 5.89 Å². The minimum atomic E-state index is -0.866. The Morgan fingerprint density at radius 2 is 2.09 bits per heavy atom. The molecule has 1 aromatic heterocycles. The van der Waals surface area contributed by atoms with Crippen molar-refractivity contribution in [2.75, 3.05) is 25.0 Å². The van der Waals surface area contributed by atoms with Crippen molar-refractivity contribution in [3.63, 3.8) is 0 Å². The van der Waals surface area contributed by atoms with Crippen LogP contribution in [0.5, 0.6) is 0 Å². The zero-order valence-electron chi connectivity index (χ0n) is 17.9. The van der Waals surface area contributed by atoms with Crippen LogP contribution in [0.2, 0.25) is 0 Å². The highest BCUT2D eigenvalue weighted by atomic mass is 16.5. The van der Waals surface area contributed by atoms with E-state index in [1.165, 1.54) is 5.01 Å². The third-order valence-corrected chi connectivity index (χ3v) is 5.63. The quantitative estimate of drug-likeness (QED) is 0.195. The number of carbonyl (C=O) groups is 4. The number of hydrogen-bond acceptors (Lipinski definition) is 10. The molecule has 1 aromatic rings. The molecule has 32 heavy (non-hydrogen) atoms. The van der Waals surface area contributed by atoms with E-state index >= 15 is 0 Å². The van der Waals surface area contributed by atoms with E-state index in [2.05, 4.69) is 20.9 Å². The molecule has 3 rings (SSSR count). The normalized spacial score (nSPS) is 19.6. The maximum atomic E-state index is 13.2. The van der Waals surface area contributed by atoms with Gasteiger partial charge in [-0.3, -0.25) is 29.9 Å². The van der Waals surface area contributed by atoms with E-state index in [1.807, 2.05) is 0 Å². The summed E-state index contributed by atoms with van der Waals surface area (Å²) in [5.41, 5.74) is 2.90. The molecule has 176 valence electrons. The number of ether oxygens (including phenoxy) is 1. The van der Waals surface area contributed by atoms with Gasteiger partial charge in [0.1, 0.15) is 6.04 Å². The lowest BCUT2D eigenvalue weighted by atomic mass is 9.92. The highest BCUT2D eigenvalue weighted by molar-refractivity contribution is 5.96. The first-order valence-corrected chi connectivity index (χ1v) is 10.7. The van der Waals surface area contributed by atoms with E-state index in [0.29, 0.717) is 30.4 Å². The van der Waals surface area contributed by atoms with Crippen LogP contribution in [-0.4, -0.2) is 75.4 Å². The van der Waals surface area contributed by atoms with Gasteiger partial charge in [-0.1, -0.05) is 35.9 Å². The SMILES string of the molecule is CCOC(=O)c1nnc(NC(=O)[C@@H]2CCNN2C(=O)[C@H](CC2CCCC2)CN(O)C=O)o1. The van der Waals surface area contributed by atoms with Crippen LogP contribution in [-0.2, 0) is 19.1 Å². The number of nitrogens with zero attached hydrogens (tertiary/aromatic N) is 4. The van der Waals surface area contributed by atoms with Crippen molar-refractivity contribution >= 4 is 30.2 Å². The van der Waals surface area contributed by atoms with Gasteiger partial charge in [-0.05, 0) is 25.7 Å². The first-order chi connectivity index (χ1) is 15.4. The van der Waals surface area contributed by atoms with Crippen molar-refractivity contribution in [2.45, 2.75) is 51.5 Å². The first kappa shape index (κ1) is 23.6. The third kappa shape index (κ3) is 5.79. The molecule has 13 heteroatoms. The molecule has 0 radical (unpaired) electrons. The second-order valence-corrected chi connectivity index (χ2v) is 7.85. The molecule has 2 aliphatic rings. The summed E-state index contributed by atoms with van der Waals surface area (Å²) in [5, 5.41) is 20.9. The van der Waals surface area contributed by atoms with E-state index < -0.39 is 29.7 Å². The molecule has 2 atom stereocenters. The molecule has 1 aliphatic heterocycles. The van der Waals surface area contributed by atoms with Crippen LogP contribution < -0.4 is 10.7 Å². The Kier molecular flexibility index (Phi) is 8.11. The predicted molar refractivity (Wildman–Crippen MR) is 107 cm³/mol. The fraction of sp³-hybridized carbons (Fsp3) is 0.684. The average Bonchev–Trinajstić information content (AvgIpc) is 3.54.